The number of anilines is 1. The molecule has 1 aliphatic heterocycles. The second-order valence-corrected chi connectivity index (χ2v) is 8.07. The lowest BCUT2D eigenvalue weighted by Crippen LogP contribution is -2.34. The number of aromatic amines is 1. The summed E-state index contributed by atoms with van der Waals surface area (Å²) in [4.78, 5) is 29.1. The van der Waals surface area contributed by atoms with Crippen LogP contribution in [0.15, 0.2) is 71.5 Å². The maximum atomic E-state index is 12.9. The van der Waals surface area contributed by atoms with E-state index < -0.39 is 29.4 Å². The number of alkyl halides is 3. The third kappa shape index (κ3) is 5.27. The second kappa shape index (κ2) is 9.52. The zero-order valence-electron chi connectivity index (χ0n) is 17.9. The highest BCUT2D eigenvalue weighted by Gasteiger charge is 2.32. The van der Waals surface area contributed by atoms with Crippen LogP contribution < -0.4 is 15.8 Å². The molecule has 1 saturated heterocycles. The Balaban J connectivity index is 1.61. The minimum absolute atomic E-state index is 0.381. The first kappa shape index (κ1) is 22.6. The number of pyridine rings is 1. The molecule has 0 aliphatic carbocycles. The Kier molecular flexibility index (Phi) is 6.53. The van der Waals surface area contributed by atoms with Crippen molar-refractivity contribution in [3.63, 3.8) is 0 Å². The zero-order valence-corrected chi connectivity index (χ0v) is 17.9. The van der Waals surface area contributed by atoms with Crippen molar-refractivity contribution in [2.24, 2.45) is 0 Å². The summed E-state index contributed by atoms with van der Waals surface area (Å²) < 4.78 is 38.5. The number of carbonyl (C=O) groups is 1. The second-order valence-electron chi connectivity index (χ2n) is 8.07. The average Bonchev–Trinajstić information content (AvgIpc) is 2.83. The van der Waals surface area contributed by atoms with Crippen LogP contribution in [-0.4, -0.2) is 24.0 Å². The van der Waals surface area contributed by atoms with Crippen LogP contribution in [-0.2, 0) is 6.18 Å². The van der Waals surface area contributed by atoms with E-state index in [1.807, 2.05) is 54.6 Å². The molecule has 172 valence electrons. The molecule has 2 heterocycles. The van der Waals surface area contributed by atoms with Crippen LogP contribution in [0.1, 0.15) is 52.5 Å². The van der Waals surface area contributed by atoms with Gasteiger partial charge >= 0.3 is 6.18 Å². The van der Waals surface area contributed by atoms with Gasteiger partial charge in [0.15, 0.2) is 0 Å². The Morgan fingerprint density at radius 3 is 2.12 bits per heavy atom. The number of halogens is 3. The van der Waals surface area contributed by atoms with Crippen LogP contribution in [0.5, 0.6) is 0 Å². The van der Waals surface area contributed by atoms with Crippen LogP contribution in [0.25, 0.3) is 0 Å². The molecule has 1 atom stereocenters. The molecule has 0 radical (unpaired) electrons. The molecule has 8 heteroatoms. The lowest BCUT2D eigenvalue weighted by Gasteiger charge is -2.29. The van der Waals surface area contributed by atoms with Crippen LogP contribution in [0, 0.1) is 0 Å². The van der Waals surface area contributed by atoms with Crippen molar-refractivity contribution in [1.29, 1.82) is 0 Å². The summed E-state index contributed by atoms with van der Waals surface area (Å²) in [5, 5.41) is 2.81. The van der Waals surface area contributed by atoms with Gasteiger partial charge in [-0.2, -0.15) is 13.2 Å². The van der Waals surface area contributed by atoms with Crippen LogP contribution >= 0.6 is 0 Å². The number of nitrogens with one attached hydrogen (secondary N) is 2. The lowest BCUT2D eigenvalue weighted by molar-refractivity contribution is -0.141. The number of benzene rings is 2. The topological polar surface area (TPSA) is 65.2 Å². The van der Waals surface area contributed by atoms with E-state index in [4.69, 9.17) is 0 Å². The van der Waals surface area contributed by atoms with Gasteiger partial charge in [0.2, 0.25) is 0 Å². The molecule has 2 aromatic carbocycles. The van der Waals surface area contributed by atoms with E-state index in [0.29, 0.717) is 6.07 Å². The van der Waals surface area contributed by atoms with Gasteiger partial charge < -0.3 is 15.2 Å². The fourth-order valence-electron chi connectivity index (χ4n) is 4.06. The molecule has 1 unspecified atom stereocenters. The molecule has 0 saturated carbocycles. The number of amides is 1. The summed E-state index contributed by atoms with van der Waals surface area (Å²) in [5.41, 5.74) is 0.0368. The molecule has 0 bridgehead atoms. The largest absolute Gasteiger partial charge is 0.431 e. The monoisotopic (exact) mass is 455 g/mol. The fraction of sp³-hybridized carbons (Fsp3) is 0.280. The van der Waals surface area contributed by atoms with Gasteiger partial charge in [-0.1, -0.05) is 42.5 Å². The highest BCUT2D eigenvalue weighted by molar-refractivity contribution is 5.94. The molecule has 1 aromatic heterocycles. The summed E-state index contributed by atoms with van der Waals surface area (Å²) in [7, 11) is 0. The van der Waals surface area contributed by atoms with E-state index in [2.05, 4.69) is 10.2 Å². The van der Waals surface area contributed by atoms with Crippen molar-refractivity contribution >= 4 is 11.6 Å². The summed E-state index contributed by atoms with van der Waals surface area (Å²) in [6, 6.07) is 18.1. The molecule has 1 aliphatic rings. The number of piperidine rings is 1. The molecule has 5 nitrogen and oxygen atoms in total. The van der Waals surface area contributed by atoms with Gasteiger partial charge in [0.25, 0.3) is 11.5 Å². The Morgan fingerprint density at radius 2 is 1.52 bits per heavy atom. The van der Waals surface area contributed by atoms with Crippen molar-refractivity contribution in [3.8, 4) is 0 Å². The first-order valence-electron chi connectivity index (χ1n) is 10.8. The Hall–Kier alpha value is -3.55. The van der Waals surface area contributed by atoms with Crippen molar-refractivity contribution in [3.05, 3.63) is 99.5 Å². The van der Waals surface area contributed by atoms with Crippen LogP contribution in [0.4, 0.5) is 18.9 Å². The quantitative estimate of drug-likeness (QED) is 0.575. The Bertz CT molecular complexity index is 1150. The predicted molar refractivity (Wildman–Crippen MR) is 120 cm³/mol. The molecule has 1 amide bonds. The van der Waals surface area contributed by atoms with E-state index in [-0.39, 0.29) is 5.56 Å². The van der Waals surface area contributed by atoms with Crippen LogP contribution in [0.3, 0.4) is 0 Å². The van der Waals surface area contributed by atoms with Crippen molar-refractivity contribution in [2.75, 3.05) is 18.0 Å². The molecule has 2 N–H and O–H groups in total. The third-order valence-corrected chi connectivity index (χ3v) is 5.82. The van der Waals surface area contributed by atoms with Gasteiger partial charge in [-0.3, -0.25) is 9.59 Å². The van der Waals surface area contributed by atoms with Crippen molar-refractivity contribution in [2.45, 2.75) is 31.5 Å². The van der Waals surface area contributed by atoms with Gasteiger partial charge in [-0.25, -0.2) is 0 Å². The maximum Gasteiger partial charge on any atom is 0.431 e. The number of hydrogen-bond donors (Lipinski definition) is 2. The molecular formula is C25H24F3N3O2. The maximum absolute atomic E-state index is 12.9. The minimum Gasteiger partial charge on any atom is -0.372 e. The Labute approximate surface area is 189 Å². The number of hydrogen-bond acceptors (Lipinski definition) is 3. The minimum atomic E-state index is -4.70. The highest BCUT2D eigenvalue weighted by Crippen LogP contribution is 2.28. The third-order valence-electron chi connectivity index (χ3n) is 5.82. The van der Waals surface area contributed by atoms with Gasteiger partial charge in [-0.15, -0.1) is 0 Å². The molecular weight excluding hydrogens is 431 g/mol. The first-order chi connectivity index (χ1) is 15.8. The molecule has 0 spiro atoms. The van der Waals surface area contributed by atoms with Gasteiger partial charge in [0.05, 0.1) is 6.04 Å². The number of carbonyl (C=O) groups excluding carboxylic acids is 1. The fourth-order valence-corrected chi connectivity index (χ4v) is 4.06. The lowest BCUT2D eigenvalue weighted by atomic mass is 9.97. The predicted octanol–water partition coefficient (Wildman–Crippen LogP) is 4.90. The smallest absolute Gasteiger partial charge is 0.372 e. The van der Waals surface area contributed by atoms with E-state index in [0.717, 1.165) is 48.8 Å². The van der Waals surface area contributed by atoms with Crippen molar-refractivity contribution < 1.29 is 18.0 Å². The number of H-pyrrole nitrogens is 1. The number of rotatable bonds is 5. The van der Waals surface area contributed by atoms with E-state index in [1.54, 1.807) is 4.98 Å². The first-order valence-corrected chi connectivity index (χ1v) is 10.8. The van der Waals surface area contributed by atoms with Gasteiger partial charge in [0, 0.05) is 18.8 Å². The van der Waals surface area contributed by atoms with E-state index in [9.17, 15) is 22.8 Å². The van der Waals surface area contributed by atoms with Crippen LogP contribution in [0.2, 0.25) is 0 Å². The van der Waals surface area contributed by atoms with E-state index >= 15 is 0 Å². The van der Waals surface area contributed by atoms with Gasteiger partial charge in [0.1, 0.15) is 11.3 Å². The summed E-state index contributed by atoms with van der Waals surface area (Å²) in [6.07, 6.45) is -1.14. The summed E-state index contributed by atoms with van der Waals surface area (Å²) >= 11 is 0. The molecule has 1 fully saturated rings. The number of nitrogens with zero attached hydrogens (tertiary/aromatic N) is 1. The summed E-state index contributed by atoms with van der Waals surface area (Å²) in [6.45, 7) is 2.02. The molecule has 33 heavy (non-hydrogen) atoms. The zero-order chi connectivity index (χ0) is 23.4. The number of aromatic nitrogens is 1. The van der Waals surface area contributed by atoms with E-state index in [1.165, 1.54) is 6.42 Å². The molecule has 4 rings (SSSR count). The van der Waals surface area contributed by atoms with Gasteiger partial charge in [-0.05, 0) is 54.7 Å². The highest BCUT2D eigenvalue weighted by atomic mass is 19.4. The Morgan fingerprint density at radius 1 is 0.879 bits per heavy atom. The molecule has 3 aromatic rings. The average molecular weight is 455 g/mol. The SMILES string of the molecule is O=C(NC(c1ccccc1)c1ccc(N2CCCCC2)cc1)c1ccc(C(F)(F)F)[nH]c1=O. The normalized spacial score (nSPS) is 15.2. The summed E-state index contributed by atoms with van der Waals surface area (Å²) in [5.74, 6) is -0.751. The van der Waals surface area contributed by atoms with Crippen molar-refractivity contribution in [1.82, 2.24) is 10.3 Å². The standard InChI is InChI=1S/C25H24F3N3O2/c26-25(27,28)21-14-13-20(23(32)29-21)24(33)30-22(17-7-3-1-4-8-17)18-9-11-19(12-10-18)31-15-5-2-6-16-31/h1,3-4,7-14,22H,2,5-6,15-16H2,(H,29,32)(H,30,33).